The Labute approximate surface area is 415 Å². The van der Waals surface area contributed by atoms with Crippen LogP contribution in [0.1, 0.15) is 290 Å². The number of allylic oxidation sites excluding steroid dienone is 10. The van der Waals surface area contributed by atoms with Crippen molar-refractivity contribution in [1.29, 1.82) is 0 Å². The van der Waals surface area contributed by atoms with E-state index in [9.17, 15) is 14.4 Å². The van der Waals surface area contributed by atoms with Crippen LogP contribution in [0.3, 0.4) is 0 Å². The predicted octanol–water partition coefficient (Wildman–Crippen LogP) is 19.2. The zero-order chi connectivity index (χ0) is 48.6. The summed E-state index contributed by atoms with van der Waals surface area (Å²) in [5, 5.41) is 0. The van der Waals surface area contributed by atoms with Crippen LogP contribution in [0.2, 0.25) is 0 Å². The maximum absolute atomic E-state index is 12.8. The molecule has 0 aliphatic heterocycles. The Morgan fingerprint density at radius 2 is 0.612 bits per heavy atom. The molecular weight excluding hydrogens is 829 g/mol. The second-order valence-electron chi connectivity index (χ2n) is 19.2. The van der Waals surface area contributed by atoms with Gasteiger partial charge in [-0.25, -0.2) is 0 Å². The van der Waals surface area contributed by atoms with Gasteiger partial charge in [0.2, 0.25) is 0 Å². The molecule has 0 rings (SSSR count). The second-order valence-corrected chi connectivity index (χ2v) is 19.2. The van der Waals surface area contributed by atoms with Crippen molar-refractivity contribution in [3.8, 4) is 0 Å². The summed E-state index contributed by atoms with van der Waals surface area (Å²) >= 11 is 0. The molecule has 0 aliphatic carbocycles. The summed E-state index contributed by atoms with van der Waals surface area (Å²) in [6.45, 7) is 6.48. The summed E-state index contributed by atoms with van der Waals surface area (Å²) in [6.07, 6.45) is 69.4. The SMILES string of the molecule is CC/C=C\C/C=C\C/C=C\C/C=C\CCC(=O)OCC(COC(=O)CCCCCCCCCCCCCCCCCCCCC)OC(=O)CCCCCCCCC/C=C\CCCCCCCC. The highest BCUT2D eigenvalue weighted by molar-refractivity contribution is 5.71. The minimum absolute atomic E-state index is 0.0952. The minimum Gasteiger partial charge on any atom is -0.462 e. The Balaban J connectivity index is 4.38. The van der Waals surface area contributed by atoms with Gasteiger partial charge in [0, 0.05) is 19.3 Å². The average Bonchev–Trinajstić information content (AvgIpc) is 3.33. The highest BCUT2D eigenvalue weighted by atomic mass is 16.6. The number of carbonyl (C=O) groups excluding carboxylic acids is 3. The number of esters is 3. The molecule has 0 aromatic rings. The smallest absolute Gasteiger partial charge is 0.306 e. The number of hydrogen-bond donors (Lipinski definition) is 0. The van der Waals surface area contributed by atoms with Crippen LogP contribution in [-0.2, 0) is 28.6 Å². The maximum Gasteiger partial charge on any atom is 0.306 e. The van der Waals surface area contributed by atoms with Crippen LogP contribution < -0.4 is 0 Å². The zero-order valence-corrected chi connectivity index (χ0v) is 44.4. The van der Waals surface area contributed by atoms with E-state index in [1.807, 2.05) is 6.08 Å². The Hall–Kier alpha value is -2.89. The topological polar surface area (TPSA) is 78.9 Å². The van der Waals surface area contributed by atoms with Gasteiger partial charge in [0.05, 0.1) is 0 Å². The first-order valence-electron chi connectivity index (χ1n) is 28.8. The lowest BCUT2D eigenvalue weighted by atomic mass is 10.0. The monoisotopic (exact) mass is 937 g/mol. The van der Waals surface area contributed by atoms with Crippen LogP contribution in [0.15, 0.2) is 60.8 Å². The lowest BCUT2D eigenvalue weighted by molar-refractivity contribution is -0.166. The fourth-order valence-electron chi connectivity index (χ4n) is 8.22. The van der Waals surface area contributed by atoms with E-state index in [0.717, 1.165) is 64.2 Å². The van der Waals surface area contributed by atoms with Gasteiger partial charge >= 0.3 is 17.9 Å². The first-order chi connectivity index (χ1) is 33.0. The van der Waals surface area contributed by atoms with Crippen molar-refractivity contribution in [2.24, 2.45) is 0 Å². The Morgan fingerprint density at radius 1 is 0.313 bits per heavy atom. The van der Waals surface area contributed by atoms with Gasteiger partial charge in [0.1, 0.15) is 13.2 Å². The van der Waals surface area contributed by atoms with E-state index in [1.54, 1.807) is 0 Å². The molecule has 0 saturated carbocycles. The number of unbranched alkanes of at least 4 members (excludes halogenated alkanes) is 31. The van der Waals surface area contributed by atoms with Crippen molar-refractivity contribution in [1.82, 2.24) is 0 Å². The van der Waals surface area contributed by atoms with E-state index in [1.165, 1.54) is 180 Å². The second kappa shape index (κ2) is 55.7. The van der Waals surface area contributed by atoms with Crippen molar-refractivity contribution in [2.45, 2.75) is 297 Å². The van der Waals surface area contributed by atoms with E-state index < -0.39 is 6.10 Å². The Morgan fingerprint density at radius 3 is 1.00 bits per heavy atom. The molecule has 0 amide bonds. The van der Waals surface area contributed by atoms with Crippen LogP contribution in [0.4, 0.5) is 0 Å². The average molecular weight is 938 g/mol. The molecule has 6 heteroatoms. The highest BCUT2D eigenvalue weighted by Crippen LogP contribution is 2.16. The fraction of sp³-hybridized carbons (Fsp3) is 0.787. The third kappa shape index (κ3) is 53.9. The third-order valence-corrected chi connectivity index (χ3v) is 12.5. The molecule has 0 radical (unpaired) electrons. The van der Waals surface area contributed by atoms with Crippen molar-refractivity contribution in [3.05, 3.63) is 60.8 Å². The molecule has 1 atom stereocenters. The quantitative estimate of drug-likeness (QED) is 0.0262. The summed E-state index contributed by atoms with van der Waals surface area (Å²) in [7, 11) is 0. The molecule has 1 unspecified atom stereocenters. The summed E-state index contributed by atoms with van der Waals surface area (Å²) < 4.78 is 16.8. The largest absolute Gasteiger partial charge is 0.462 e. The van der Waals surface area contributed by atoms with Crippen LogP contribution in [0.5, 0.6) is 0 Å². The van der Waals surface area contributed by atoms with Crippen molar-refractivity contribution in [2.75, 3.05) is 13.2 Å². The molecule has 0 fully saturated rings. The van der Waals surface area contributed by atoms with Gasteiger partial charge in [-0.05, 0) is 70.6 Å². The number of rotatable bonds is 52. The van der Waals surface area contributed by atoms with Crippen molar-refractivity contribution < 1.29 is 28.6 Å². The van der Waals surface area contributed by atoms with Gasteiger partial charge in [0.25, 0.3) is 0 Å². The molecule has 0 N–H and O–H groups in total. The van der Waals surface area contributed by atoms with Gasteiger partial charge in [-0.2, -0.15) is 0 Å². The molecule has 0 aliphatic rings. The predicted molar refractivity (Wildman–Crippen MR) is 288 cm³/mol. The zero-order valence-electron chi connectivity index (χ0n) is 44.4. The summed E-state index contributed by atoms with van der Waals surface area (Å²) in [5.74, 6) is -0.973. The van der Waals surface area contributed by atoms with Gasteiger partial charge in [-0.3, -0.25) is 14.4 Å². The van der Waals surface area contributed by atoms with Gasteiger partial charge < -0.3 is 14.2 Å². The van der Waals surface area contributed by atoms with Crippen molar-refractivity contribution >= 4 is 17.9 Å². The number of ether oxygens (including phenoxy) is 3. The van der Waals surface area contributed by atoms with Gasteiger partial charge in [-0.15, -0.1) is 0 Å². The normalized spacial score (nSPS) is 12.5. The molecule has 0 aromatic carbocycles. The van der Waals surface area contributed by atoms with E-state index >= 15 is 0 Å². The Kier molecular flexibility index (Phi) is 53.3. The Bertz CT molecular complexity index is 1210. The molecule has 0 saturated heterocycles. The number of carbonyl (C=O) groups is 3. The van der Waals surface area contributed by atoms with Crippen LogP contribution in [0.25, 0.3) is 0 Å². The summed E-state index contributed by atoms with van der Waals surface area (Å²) in [4.78, 5) is 38.1. The maximum atomic E-state index is 12.8. The first kappa shape index (κ1) is 64.1. The van der Waals surface area contributed by atoms with Crippen LogP contribution in [0, 0.1) is 0 Å². The fourth-order valence-corrected chi connectivity index (χ4v) is 8.22. The van der Waals surface area contributed by atoms with Gasteiger partial charge in [0.15, 0.2) is 6.10 Å². The standard InChI is InChI=1S/C61H108O6/c1-4-7-10-13-16-19-22-25-27-29-30-32-33-36-39-42-45-48-51-54-60(63)66-57-58(56-65-59(62)53-50-47-44-41-38-35-24-21-18-15-12-9-6-3)67-61(64)55-52-49-46-43-40-37-34-31-28-26-23-20-17-14-11-8-5-2/h9,12,18,21,26,28,35,38,44,47,58H,4-8,10-11,13-17,19-20,22-25,27,29-34,36-37,39-43,45-46,48-57H2,1-3H3/b12-9-,21-18-,28-26-,38-35-,47-44-. The van der Waals surface area contributed by atoms with E-state index in [0.29, 0.717) is 19.3 Å². The summed E-state index contributed by atoms with van der Waals surface area (Å²) in [5.41, 5.74) is 0. The molecule has 0 heterocycles. The lowest BCUT2D eigenvalue weighted by Gasteiger charge is -2.18. The van der Waals surface area contributed by atoms with E-state index in [2.05, 4.69) is 75.5 Å². The highest BCUT2D eigenvalue weighted by Gasteiger charge is 2.19. The first-order valence-corrected chi connectivity index (χ1v) is 28.8. The van der Waals surface area contributed by atoms with Crippen LogP contribution in [-0.4, -0.2) is 37.2 Å². The molecule has 67 heavy (non-hydrogen) atoms. The molecule has 388 valence electrons. The molecule has 0 aromatic heterocycles. The molecular formula is C61H108O6. The molecule has 0 spiro atoms. The van der Waals surface area contributed by atoms with E-state index in [4.69, 9.17) is 14.2 Å². The van der Waals surface area contributed by atoms with E-state index in [-0.39, 0.29) is 37.5 Å². The minimum atomic E-state index is -0.803. The molecule has 0 bridgehead atoms. The number of hydrogen-bond acceptors (Lipinski definition) is 6. The lowest BCUT2D eigenvalue weighted by Crippen LogP contribution is -2.30. The summed E-state index contributed by atoms with van der Waals surface area (Å²) in [6, 6.07) is 0. The molecule has 6 nitrogen and oxygen atoms in total. The van der Waals surface area contributed by atoms with Crippen LogP contribution >= 0.6 is 0 Å². The van der Waals surface area contributed by atoms with Crippen molar-refractivity contribution in [3.63, 3.8) is 0 Å². The third-order valence-electron chi connectivity index (χ3n) is 12.5. The van der Waals surface area contributed by atoms with Gasteiger partial charge in [-0.1, -0.05) is 261 Å².